The summed E-state index contributed by atoms with van der Waals surface area (Å²) in [6.07, 6.45) is 3.36. The van der Waals surface area contributed by atoms with Crippen LogP contribution in [0.1, 0.15) is 25.1 Å². The van der Waals surface area contributed by atoms with Gasteiger partial charge in [0.25, 0.3) is 0 Å². The van der Waals surface area contributed by atoms with Crippen molar-refractivity contribution in [3.8, 4) is 0 Å². The van der Waals surface area contributed by atoms with Crippen LogP contribution in [-0.4, -0.2) is 23.8 Å². The maximum atomic E-state index is 13.7. The average molecular weight is 480 g/mol. The summed E-state index contributed by atoms with van der Waals surface area (Å²) < 4.78 is 13.7. The largest absolute Gasteiger partial charge is 0.405 e. The molecule has 0 aliphatic carbocycles. The Morgan fingerprint density at radius 2 is 2.00 bits per heavy atom. The van der Waals surface area contributed by atoms with Crippen molar-refractivity contribution in [2.24, 2.45) is 17.4 Å². The molecule has 0 spiro atoms. The van der Waals surface area contributed by atoms with Crippen molar-refractivity contribution in [1.29, 1.82) is 0 Å². The van der Waals surface area contributed by atoms with Gasteiger partial charge in [-0.05, 0) is 49.4 Å². The number of carbonyl (C=O) groups excluding carboxylic acids is 2. The fourth-order valence-electron chi connectivity index (χ4n) is 2.93. The van der Waals surface area contributed by atoms with Crippen LogP contribution in [0.15, 0.2) is 42.2 Å². The van der Waals surface area contributed by atoms with E-state index in [-0.39, 0.29) is 28.3 Å². The molecule has 0 unspecified atom stereocenters. The molecule has 0 atom stereocenters. The number of carbonyl (C=O) groups is 2. The fourth-order valence-corrected chi connectivity index (χ4v) is 3.38. The molecule has 0 fully saturated rings. The molecule has 170 valence electrons. The Labute approximate surface area is 195 Å². The molecule has 2 aromatic rings. The van der Waals surface area contributed by atoms with E-state index in [2.05, 4.69) is 10.3 Å². The number of hydrogen-bond donors (Lipinski definition) is 3. The molecule has 5 N–H and O–H groups in total. The summed E-state index contributed by atoms with van der Waals surface area (Å²) in [6.45, 7) is 5.12. The van der Waals surface area contributed by atoms with Crippen molar-refractivity contribution in [3.63, 3.8) is 0 Å². The van der Waals surface area contributed by atoms with Gasteiger partial charge in [0.1, 0.15) is 17.5 Å². The van der Waals surface area contributed by atoms with Gasteiger partial charge in [0, 0.05) is 28.2 Å². The Morgan fingerprint density at radius 3 is 2.56 bits per heavy atom. The second kappa shape index (κ2) is 11.0. The van der Waals surface area contributed by atoms with Crippen LogP contribution < -0.4 is 21.7 Å². The van der Waals surface area contributed by atoms with E-state index in [4.69, 9.17) is 34.7 Å². The molecule has 32 heavy (non-hydrogen) atoms. The third-order valence-electron chi connectivity index (χ3n) is 4.50. The van der Waals surface area contributed by atoms with Crippen molar-refractivity contribution < 1.29 is 14.0 Å². The summed E-state index contributed by atoms with van der Waals surface area (Å²) in [5.74, 6) is -1.30. The number of benzene rings is 1. The predicted molar refractivity (Wildman–Crippen MR) is 127 cm³/mol. The lowest BCUT2D eigenvalue weighted by Crippen LogP contribution is -2.33. The number of aryl methyl sites for hydroxylation is 1. The van der Waals surface area contributed by atoms with Gasteiger partial charge in [-0.25, -0.2) is 9.37 Å². The van der Waals surface area contributed by atoms with Gasteiger partial charge in [0.2, 0.25) is 12.3 Å². The average Bonchev–Trinajstić information content (AvgIpc) is 2.72. The minimum absolute atomic E-state index is 0.0563. The van der Waals surface area contributed by atoms with E-state index in [0.717, 1.165) is 11.0 Å². The lowest BCUT2D eigenvalue weighted by atomic mass is 9.97. The maximum Gasteiger partial charge on any atom is 0.244 e. The normalized spacial score (nSPS) is 12.1. The number of nitrogens with two attached hydrogens (primary N) is 2. The maximum absolute atomic E-state index is 13.7. The fraction of sp³-hybridized carbons (Fsp3) is 0.227. The first-order chi connectivity index (χ1) is 15.1. The molecule has 0 bridgehead atoms. The zero-order valence-corrected chi connectivity index (χ0v) is 19.3. The SMILES string of the molecule is Cc1cc(N(C=O)CC(=O)Nc2ccc(Cl)c(F)c2)c(C(/C=C\N)=C(/N)C(C)C)c(Cl)n1. The summed E-state index contributed by atoms with van der Waals surface area (Å²) in [6, 6.07) is 5.46. The van der Waals surface area contributed by atoms with E-state index in [0.29, 0.717) is 34.6 Å². The van der Waals surface area contributed by atoms with Crippen molar-refractivity contribution in [1.82, 2.24) is 4.98 Å². The summed E-state index contributed by atoms with van der Waals surface area (Å²) >= 11 is 12.1. The van der Waals surface area contributed by atoms with E-state index in [1.165, 1.54) is 18.3 Å². The minimum Gasteiger partial charge on any atom is -0.405 e. The molecule has 1 heterocycles. The Hall–Kier alpha value is -3.10. The molecular formula is C22H24Cl2FN5O2. The van der Waals surface area contributed by atoms with Crippen LogP contribution in [-0.2, 0) is 9.59 Å². The molecule has 0 saturated carbocycles. The smallest absolute Gasteiger partial charge is 0.244 e. The molecule has 0 saturated heterocycles. The van der Waals surface area contributed by atoms with Crippen molar-refractivity contribution in [2.45, 2.75) is 20.8 Å². The molecule has 0 aliphatic heterocycles. The molecule has 0 aliphatic rings. The number of rotatable bonds is 8. The zero-order chi connectivity index (χ0) is 24.0. The number of pyridine rings is 1. The second-order valence-electron chi connectivity index (χ2n) is 7.24. The van der Waals surface area contributed by atoms with Crippen molar-refractivity contribution >= 4 is 52.5 Å². The minimum atomic E-state index is -0.678. The summed E-state index contributed by atoms with van der Waals surface area (Å²) in [7, 11) is 0. The van der Waals surface area contributed by atoms with Crippen LogP contribution in [0.3, 0.4) is 0 Å². The van der Waals surface area contributed by atoms with E-state index < -0.39 is 11.7 Å². The van der Waals surface area contributed by atoms with Gasteiger partial charge in [-0.15, -0.1) is 0 Å². The number of allylic oxidation sites excluding steroid dienone is 3. The Bertz CT molecular complexity index is 1090. The van der Waals surface area contributed by atoms with Gasteiger partial charge in [-0.1, -0.05) is 37.0 Å². The quantitative estimate of drug-likeness (QED) is 0.297. The summed E-state index contributed by atoms with van der Waals surface area (Å²) in [4.78, 5) is 30.0. The topological polar surface area (TPSA) is 114 Å². The second-order valence-corrected chi connectivity index (χ2v) is 8.01. The molecular weight excluding hydrogens is 456 g/mol. The predicted octanol–water partition coefficient (Wildman–Crippen LogP) is 4.24. The van der Waals surface area contributed by atoms with Crippen LogP contribution in [0.2, 0.25) is 10.2 Å². The third kappa shape index (κ3) is 5.99. The highest BCUT2D eigenvalue weighted by molar-refractivity contribution is 6.32. The molecule has 10 heteroatoms. The van der Waals surface area contributed by atoms with Crippen LogP contribution in [0, 0.1) is 18.7 Å². The highest BCUT2D eigenvalue weighted by Crippen LogP contribution is 2.36. The molecule has 7 nitrogen and oxygen atoms in total. The number of hydrogen-bond acceptors (Lipinski definition) is 5. The third-order valence-corrected chi connectivity index (χ3v) is 5.08. The summed E-state index contributed by atoms with van der Waals surface area (Å²) in [5, 5.41) is 2.56. The van der Waals surface area contributed by atoms with Gasteiger partial charge < -0.3 is 21.7 Å². The lowest BCUT2D eigenvalue weighted by molar-refractivity contribution is -0.116. The van der Waals surface area contributed by atoms with Gasteiger partial charge >= 0.3 is 0 Å². The van der Waals surface area contributed by atoms with Crippen LogP contribution in [0.25, 0.3) is 5.57 Å². The summed E-state index contributed by atoms with van der Waals surface area (Å²) in [5.41, 5.74) is 14.3. The first-order valence-electron chi connectivity index (χ1n) is 9.61. The molecule has 0 radical (unpaired) electrons. The van der Waals surface area contributed by atoms with Gasteiger partial charge in [-0.3, -0.25) is 9.59 Å². The molecule has 1 aromatic heterocycles. The van der Waals surface area contributed by atoms with E-state index >= 15 is 0 Å². The van der Waals surface area contributed by atoms with E-state index in [1.807, 2.05) is 13.8 Å². The first-order valence-corrected chi connectivity index (χ1v) is 10.4. The molecule has 1 aromatic carbocycles. The molecule has 2 rings (SSSR count). The Morgan fingerprint density at radius 1 is 1.31 bits per heavy atom. The number of halogens is 3. The van der Waals surface area contributed by atoms with Crippen LogP contribution in [0.5, 0.6) is 0 Å². The van der Waals surface area contributed by atoms with Crippen LogP contribution >= 0.6 is 23.2 Å². The Kier molecular flexibility index (Phi) is 8.63. The van der Waals surface area contributed by atoms with Gasteiger partial charge in [0.05, 0.1) is 10.7 Å². The number of nitrogens with one attached hydrogen (secondary N) is 1. The van der Waals surface area contributed by atoms with Gasteiger partial charge in [0.15, 0.2) is 0 Å². The first kappa shape index (κ1) is 25.2. The molecule has 2 amide bonds. The number of amides is 2. The lowest BCUT2D eigenvalue weighted by Gasteiger charge is -2.23. The van der Waals surface area contributed by atoms with Crippen LogP contribution in [0.4, 0.5) is 15.8 Å². The van der Waals surface area contributed by atoms with E-state index in [1.54, 1.807) is 19.1 Å². The number of aromatic nitrogens is 1. The Balaban J connectivity index is 2.49. The number of anilines is 2. The number of nitrogens with zero attached hydrogens (tertiary/aromatic N) is 2. The van der Waals surface area contributed by atoms with Crippen molar-refractivity contribution in [2.75, 3.05) is 16.8 Å². The highest BCUT2D eigenvalue weighted by Gasteiger charge is 2.22. The van der Waals surface area contributed by atoms with Gasteiger partial charge in [-0.2, -0.15) is 0 Å². The van der Waals surface area contributed by atoms with E-state index in [9.17, 15) is 14.0 Å². The van der Waals surface area contributed by atoms with Crippen molar-refractivity contribution in [3.05, 3.63) is 69.5 Å². The standard InChI is InChI=1S/C22H24Cl2FN5O2/c1-12(2)21(27)15(6-7-26)20-18(8-13(3)28-22(20)24)30(11-31)10-19(32)29-14-4-5-16(23)17(25)9-14/h4-9,11-12H,10,26-27H2,1-3H3,(H,29,32)/b7-6-,21-15+. The monoisotopic (exact) mass is 479 g/mol. The highest BCUT2D eigenvalue weighted by atomic mass is 35.5. The zero-order valence-electron chi connectivity index (χ0n) is 17.8.